The Morgan fingerprint density at radius 1 is 1.11 bits per heavy atom. The Labute approximate surface area is 238 Å². The normalized spacial score (nSPS) is 17.7. The van der Waals surface area contributed by atoms with Crippen LogP contribution in [0.1, 0.15) is 61.4 Å². The van der Waals surface area contributed by atoms with E-state index in [1.54, 1.807) is 4.90 Å². The molecule has 2 aliphatic heterocycles. The largest absolute Gasteiger partial charge is 0.358 e. The van der Waals surface area contributed by atoms with Crippen LogP contribution in [-0.4, -0.2) is 50.0 Å². The summed E-state index contributed by atoms with van der Waals surface area (Å²) in [7, 11) is 1.86. The first-order valence-corrected chi connectivity index (χ1v) is 12.5. The van der Waals surface area contributed by atoms with E-state index in [1.807, 2.05) is 50.6 Å². The minimum absolute atomic E-state index is 0. The molecular weight excluding hydrogens is 567 g/mol. The van der Waals surface area contributed by atoms with Crippen LogP contribution in [0.15, 0.2) is 48.8 Å². The summed E-state index contributed by atoms with van der Waals surface area (Å²) in [5.74, 6) is 7.83. The predicted molar refractivity (Wildman–Crippen MR) is 148 cm³/mol. The van der Waals surface area contributed by atoms with Crippen molar-refractivity contribution in [3.8, 4) is 28.7 Å². The number of anilines is 1. The van der Waals surface area contributed by atoms with Crippen molar-refractivity contribution in [2.45, 2.75) is 45.7 Å². The first kappa shape index (κ1) is 27.5. The van der Waals surface area contributed by atoms with Crippen LogP contribution in [0.5, 0.6) is 0 Å². The van der Waals surface area contributed by atoms with E-state index in [0.717, 1.165) is 58.1 Å². The molecule has 0 spiro atoms. The molecule has 1 amide bonds. The van der Waals surface area contributed by atoms with Crippen molar-refractivity contribution in [1.29, 1.82) is 0 Å². The molecule has 7 nitrogen and oxygen atoms in total. The number of imidazole rings is 1. The van der Waals surface area contributed by atoms with Gasteiger partial charge in [-0.25, -0.2) is 15.0 Å². The number of fused-ring (bicyclic) bond motifs is 5. The molecule has 0 aliphatic carbocycles. The van der Waals surface area contributed by atoms with Crippen molar-refractivity contribution in [1.82, 2.24) is 24.4 Å². The Bertz CT molecular complexity index is 1570. The Morgan fingerprint density at radius 3 is 2.50 bits per heavy atom. The Balaban J connectivity index is 0.00000168. The number of carbonyl (C=O) groups excluding carboxylic acids is 1. The molecule has 0 bridgehead atoms. The van der Waals surface area contributed by atoms with Crippen LogP contribution in [-0.2, 0) is 20.4 Å². The molecule has 198 valence electrons. The second kappa shape index (κ2) is 10.7. The number of aromatic nitrogens is 4. The van der Waals surface area contributed by atoms with Gasteiger partial charge in [0.15, 0.2) is 0 Å². The van der Waals surface area contributed by atoms with Crippen LogP contribution in [0.3, 0.4) is 0 Å². The minimum Gasteiger partial charge on any atom is -0.358 e. The fourth-order valence-electron chi connectivity index (χ4n) is 5.32. The van der Waals surface area contributed by atoms with Gasteiger partial charge in [0.25, 0.3) is 5.91 Å². The third-order valence-corrected chi connectivity index (χ3v) is 7.45. The molecule has 4 heterocycles. The minimum atomic E-state index is -0.149. The van der Waals surface area contributed by atoms with E-state index in [2.05, 4.69) is 57.3 Å². The zero-order chi connectivity index (χ0) is 25.0. The summed E-state index contributed by atoms with van der Waals surface area (Å²) in [5, 5.41) is 0. The standard InChI is InChI=1S/C29H28N6O.CH3.Pd/c1-5-8-19-9-7-10-22-26(19)35-25-15-20(21-16-30-29(31-17-21)34-14-13-18(34)3)11-12-23(25)32-27(35)24(6-2)33(4)28(22)36;;/h7,9-12,15-18,24H,6,13-14H2,1-4H3;1H3;/q;-1;. The molecule has 6 rings (SSSR count). The molecule has 2 unspecified atom stereocenters. The molecule has 1 fully saturated rings. The molecule has 2 aromatic carbocycles. The Kier molecular flexibility index (Phi) is 7.74. The van der Waals surface area contributed by atoms with E-state index < -0.39 is 0 Å². The van der Waals surface area contributed by atoms with E-state index in [4.69, 9.17) is 4.98 Å². The number of para-hydroxylation sites is 1. The second-order valence-corrected chi connectivity index (χ2v) is 9.53. The molecule has 4 aromatic rings. The van der Waals surface area contributed by atoms with Gasteiger partial charge in [0.2, 0.25) is 5.95 Å². The smallest absolute Gasteiger partial charge is 0.256 e. The van der Waals surface area contributed by atoms with Gasteiger partial charge in [-0.3, -0.25) is 9.36 Å². The molecule has 0 saturated carbocycles. The summed E-state index contributed by atoms with van der Waals surface area (Å²) in [4.78, 5) is 31.8. The first-order valence-electron chi connectivity index (χ1n) is 12.5. The van der Waals surface area contributed by atoms with Gasteiger partial charge >= 0.3 is 0 Å². The van der Waals surface area contributed by atoms with Crippen LogP contribution in [0, 0.1) is 19.3 Å². The fraction of sp³-hybridized carbons (Fsp3) is 0.300. The summed E-state index contributed by atoms with van der Waals surface area (Å²) < 4.78 is 2.14. The number of hydrogen-bond acceptors (Lipinski definition) is 5. The number of amides is 1. The van der Waals surface area contributed by atoms with Gasteiger partial charge in [-0.05, 0) is 56.5 Å². The average Bonchev–Trinajstić information content (AvgIpc) is 3.22. The molecule has 2 aliphatic rings. The Morgan fingerprint density at radius 2 is 1.87 bits per heavy atom. The van der Waals surface area contributed by atoms with Gasteiger partial charge in [0.1, 0.15) is 5.82 Å². The fourth-order valence-corrected chi connectivity index (χ4v) is 5.32. The van der Waals surface area contributed by atoms with E-state index in [9.17, 15) is 4.79 Å². The molecule has 8 heteroatoms. The van der Waals surface area contributed by atoms with E-state index in [0.29, 0.717) is 11.6 Å². The van der Waals surface area contributed by atoms with Crippen molar-refractivity contribution in [2.75, 3.05) is 18.5 Å². The van der Waals surface area contributed by atoms with Gasteiger partial charge in [-0.15, -0.1) is 5.92 Å². The monoisotopic (exact) mass is 597 g/mol. The van der Waals surface area contributed by atoms with Crippen molar-refractivity contribution in [2.24, 2.45) is 0 Å². The van der Waals surface area contributed by atoms with Crippen LogP contribution in [0.2, 0.25) is 0 Å². The summed E-state index contributed by atoms with van der Waals surface area (Å²) in [6.45, 7) is 7.10. The number of carbonyl (C=O) groups is 1. The second-order valence-electron chi connectivity index (χ2n) is 9.53. The van der Waals surface area contributed by atoms with Gasteiger partial charge in [0, 0.05) is 63.6 Å². The quantitative estimate of drug-likeness (QED) is 0.179. The van der Waals surface area contributed by atoms with Crippen LogP contribution >= 0.6 is 0 Å². The zero-order valence-corrected chi connectivity index (χ0v) is 23.9. The maximum Gasteiger partial charge on any atom is 0.256 e. The van der Waals surface area contributed by atoms with Gasteiger partial charge in [-0.2, -0.15) is 0 Å². The topological polar surface area (TPSA) is 67.2 Å². The van der Waals surface area contributed by atoms with Crippen molar-refractivity contribution >= 4 is 22.9 Å². The third-order valence-electron chi connectivity index (χ3n) is 7.45. The zero-order valence-electron chi connectivity index (χ0n) is 22.3. The van der Waals surface area contributed by atoms with Gasteiger partial charge < -0.3 is 17.2 Å². The average molecular weight is 598 g/mol. The summed E-state index contributed by atoms with van der Waals surface area (Å²) in [6.07, 6.45) is 5.71. The molecule has 0 N–H and O–H groups in total. The third kappa shape index (κ3) is 4.21. The number of benzene rings is 2. The van der Waals surface area contributed by atoms with Gasteiger partial charge in [0.05, 0.1) is 28.3 Å². The van der Waals surface area contributed by atoms with Crippen molar-refractivity contribution in [3.05, 3.63) is 73.2 Å². The van der Waals surface area contributed by atoms with Crippen LogP contribution < -0.4 is 4.90 Å². The van der Waals surface area contributed by atoms with E-state index in [-0.39, 0.29) is 39.8 Å². The van der Waals surface area contributed by atoms with E-state index in [1.165, 1.54) is 6.42 Å². The summed E-state index contributed by atoms with van der Waals surface area (Å²) in [6, 6.07) is 12.3. The molecule has 1 saturated heterocycles. The summed E-state index contributed by atoms with van der Waals surface area (Å²) in [5.41, 5.74) is 6.02. The molecule has 2 atom stereocenters. The summed E-state index contributed by atoms with van der Waals surface area (Å²) >= 11 is 0. The van der Waals surface area contributed by atoms with Crippen molar-refractivity contribution < 1.29 is 25.2 Å². The molecular formula is C30H31N6OPd-. The van der Waals surface area contributed by atoms with Crippen LogP contribution in [0.4, 0.5) is 5.95 Å². The SMILES string of the molecule is CC#Cc1cccc2c1-n1c(nc3ccc(-c4cnc(N5CCC5C)nc4)cc31)C(CC)N(C)C2=O.[CH3-].[Pd]. The maximum atomic E-state index is 13.5. The van der Waals surface area contributed by atoms with Gasteiger partial charge in [-0.1, -0.05) is 25.0 Å². The molecule has 2 aromatic heterocycles. The van der Waals surface area contributed by atoms with E-state index >= 15 is 0 Å². The van der Waals surface area contributed by atoms with Crippen molar-refractivity contribution in [3.63, 3.8) is 0 Å². The number of nitrogens with zero attached hydrogens (tertiary/aromatic N) is 6. The number of hydrogen-bond donors (Lipinski definition) is 0. The maximum absolute atomic E-state index is 13.5. The molecule has 38 heavy (non-hydrogen) atoms. The Hall–Kier alpha value is -3.52. The molecule has 0 radical (unpaired) electrons. The predicted octanol–water partition coefficient (Wildman–Crippen LogP) is 5.44. The first-order chi connectivity index (χ1) is 17.5. The van der Waals surface area contributed by atoms with Crippen LogP contribution in [0.25, 0.3) is 27.8 Å². The number of rotatable bonds is 3.